The zero-order chi connectivity index (χ0) is 89.9. The molecule has 0 unspecified atom stereocenters. The van der Waals surface area contributed by atoms with E-state index in [9.17, 15) is 81.7 Å². The number of rotatable bonds is 36. The zero-order valence-corrected chi connectivity index (χ0v) is 73.2. The SMILES string of the molecule is CCCCCCCCCc1c(O)cccc1O.CCCCCCCCc1c(O)cccc1O.CCCCCCCc1c(O)cccc1O.CCCCCCc1c(O)cccc1O.Oc1cccc(O)c1-c1ccccc1.Oc1cccc(O)c1CCCc1ccccc1.Oc1cccc(O)c1CCc1ccccc1.Oc1cccc(O)c1Cc1ccccc1. The minimum Gasteiger partial charge on any atom is -0.508 e. The minimum absolute atomic E-state index is 0.0937. The van der Waals surface area contributed by atoms with Crippen LogP contribution in [0, 0.1) is 0 Å². The van der Waals surface area contributed by atoms with E-state index in [0.29, 0.717) is 63.8 Å². The van der Waals surface area contributed by atoms with Gasteiger partial charge in [-0.1, -0.05) is 313 Å². The molecule has 0 aliphatic heterocycles. The molecule has 12 rings (SSSR count). The van der Waals surface area contributed by atoms with Crippen molar-refractivity contribution in [2.24, 2.45) is 0 Å². The first-order chi connectivity index (χ1) is 60.1. The Labute approximate surface area is 736 Å². The molecule has 0 bridgehead atoms. The highest BCUT2D eigenvalue weighted by Crippen LogP contribution is 2.38. The van der Waals surface area contributed by atoms with Crippen molar-refractivity contribution in [3.8, 4) is 103 Å². The van der Waals surface area contributed by atoms with Gasteiger partial charge >= 0.3 is 0 Å². The van der Waals surface area contributed by atoms with E-state index in [0.717, 1.165) is 88.2 Å². The molecule has 0 radical (unpaired) electrons. The van der Waals surface area contributed by atoms with Gasteiger partial charge in [0.1, 0.15) is 92.0 Å². The van der Waals surface area contributed by atoms with Crippen molar-refractivity contribution in [3.63, 3.8) is 0 Å². The molecule has 0 saturated carbocycles. The highest BCUT2D eigenvalue weighted by atomic mass is 16.3. The van der Waals surface area contributed by atoms with E-state index in [2.05, 4.69) is 39.8 Å². The van der Waals surface area contributed by atoms with E-state index in [4.69, 9.17) is 0 Å². The Morgan fingerprint density at radius 3 is 0.605 bits per heavy atom. The van der Waals surface area contributed by atoms with Gasteiger partial charge in [0.2, 0.25) is 0 Å². The van der Waals surface area contributed by atoms with Crippen molar-refractivity contribution in [3.05, 3.63) is 323 Å². The molecule has 664 valence electrons. The van der Waals surface area contributed by atoms with Crippen LogP contribution in [0.25, 0.3) is 11.1 Å². The third-order valence-corrected chi connectivity index (χ3v) is 21.1. The molecule has 16 N–H and O–H groups in total. The van der Waals surface area contributed by atoms with Crippen LogP contribution in [0.1, 0.15) is 231 Å². The van der Waals surface area contributed by atoms with Crippen LogP contribution in [0.15, 0.2) is 267 Å². The van der Waals surface area contributed by atoms with E-state index in [-0.39, 0.29) is 92.0 Å². The van der Waals surface area contributed by atoms with Crippen LogP contribution < -0.4 is 0 Å². The summed E-state index contributed by atoms with van der Waals surface area (Å²) in [7, 11) is 0. The molecular weight excluding hydrogens is 1550 g/mol. The quantitative estimate of drug-likeness (QED) is 0.0162. The molecule has 0 aliphatic carbocycles. The number of hydrogen-bond acceptors (Lipinski definition) is 16. The lowest BCUT2D eigenvalue weighted by atomic mass is 10.0. The van der Waals surface area contributed by atoms with Crippen LogP contribution in [0.2, 0.25) is 0 Å². The van der Waals surface area contributed by atoms with Crippen molar-refractivity contribution in [2.75, 3.05) is 0 Å². The van der Waals surface area contributed by atoms with Crippen molar-refractivity contribution in [1.29, 1.82) is 0 Å². The Hall–Kier alpha value is -12.6. The van der Waals surface area contributed by atoms with Crippen molar-refractivity contribution in [2.45, 2.75) is 233 Å². The van der Waals surface area contributed by atoms with Gasteiger partial charge in [-0.05, 0) is 203 Å². The lowest BCUT2D eigenvalue weighted by Gasteiger charge is -2.06. The summed E-state index contributed by atoms with van der Waals surface area (Å²) in [4.78, 5) is 0. The van der Waals surface area contributed by atoms with Gasteiger partial charge in [-0.15, -0.1) is 0 Å². The molecule has 0 aliphatic rings. The highest BCUT2D eigenvalue weighted by molar-refractivity contribution is 5.76. The van der Waals surface area contributed by atoms with Crippen LogP contribution >= 0.6 is 0 Å². The molecule has 16 heteroatoms. The second-order valence-corrected chi connectivity index (χ2v) is 30.8. The molecule has 0 fully saturated rings. The maximum atomic E-state index is 9.63. The number of hydrogen-bond donors (Lipinski definition) is 16. The summed E-state index contributed by atoms with van der Waals surface area (Å²) in [6, 6.07) is 78.1. The number of phenols is 16. The normalized spacial score (nSPS) is 10.4. The zero-order valence-electron chi connectivity index (χ0n) is 73.2. The van der Waals surface area contributed by atoms with Gasteiger partial charge in [-0.2, -0.15) is 0 Å². The standard InChI is InChI=1S/C15H16O2.C15H24O2.C14H14O2.C14H22O2.C13H12O2.C13H20O2.C12H10O2.C12H18O2/c16-14-10-5-11-15(17)13(14)9-4-8-12-6-2-1-3-7-12;1-2-3-4-5-6-7-8-10-13-14(16)11-9-12-15(13)17;15-13-7-4-8-14(16)12(13)10-9-11-5-2-1-3-6-11;1-2-3-4-5-6-7-9-12-13(15)10-8-11-14(12)16;14-12-7-4-8-13(15)11(12)9-10-5-2-1-3-6-10;1-2-3-4-5-6-8-11-12(14)9-7-10-13(11)15;13-10-7-4-8-11(14)12(10)9-5-2-1-3-6-9;1-2-3-4-5-7-10-11(13)8-6-9-12(10)14/h1-3,5-7,10-11,16-17H,4,8-9H2;9,11-12,16-17H,2-8,10H2,1H3;1-8,15-16H,9-10H2;8,10-11,15-16H,2-7,9H2,1H3;1-8,14-15H,9H2;7,9-10,14-15H,2-6,8H2,1H3;1-8,13-14H;6,8-9,13-14H,2-5,7H2,1H3. The second kappa shape index (κ2) is 60.8. The Kier molecular flexibility index (Phi) is 50.1. The fraction of sp³-hybridized carbons (Fsp3) is 0.333. The highest BCUT2D eigenvalue weighted by Gasteiger charge is 2.14. The van der Waals surface area contributed by atoms with E-state index in [1.54, 1.807) is 146 Å². The largest absolute Gasteiger partial charge is 0.508 e. The summed E-state index contributed by atoms with van der Waals surface area (Å²) in [6.07, 6.45) is 34.2. The Balaban J connectivity index is 0.000000252. The number of aryl methyl sites for hydroxylation is 2. The predicted octanol–water partition coefficient (Wildman–Crippen LogP) is 26.8. The van der Waals surface area contributed by atoms with Gasteiger partial charge in [0, 0.05) is 45.4 Å². The molecule has 0 spiro atoms. The Bertz CT molecular complexity index is 4680. The van der Waals surface area contributed by atoms with E-state index in [1.807, 2.05) is 109 Å². The first-order valence-electron chi connectivity index (χ1n) is 44.3. The first-order valence-corrected chi connectivity index (χ1v) is 44.3. The Morgan fingerprint density at radius 1 is 0.145 bits per heavy atom. The van der Waals surface area contributed by atoms with Crippen LogP contribution in [0.4, 0.5) is 0 Å². The van der Waals surface area contributed by atoms with Crippen LogP contribution in [-0.2, 0) is 57.8 Å². The molecule has 0 aromatic heterocycles. The van der Waals surface area contributed by atoms with Crippen LogP contribution in [0.3, 0.4) is 0 Å². The minimum atomic E-state index is 0.0937. The third kappa shape index (κ3) is 39.5. The number of unbranched alkanes of at least 4 members (excludes halogenated alkanes) is 18. The fourth-order valence-electron chi connectivity index (χ4n) is 13.9. The maximum absolute atomic E-state index is 9.63. The van der Waals surface area contributed by atoms with Gasteiger partial charge in [-0.3, -0.25) is 0 Å². The molecule has 16 nitrogen and oxygen atoms in total. The third-order valence-electron chi connectivity index (χ3n) is 21.1. The summed E-state index contributed by atoms with van der Waals surface area (Å²) in [5.41, 5.74) is 9.42. The second-order valence-electron chi connectivity index (χ2n) is 30.8. The lowest BCUT2D eigenvalue weighted by Crippen LogP contribution is -1.92. The summed E-state index contributed by atoms with van der Waals surface area (Å²) >= 11 is 0. The molecule has 0 heterocycles. The lowest BCUT2D eigenvalue weighted by molar-refractivity contribution is 0.434. The fourth-order valence-corrected chi connectivity index (χ4v) is 13.9. The Morgan fingerprint density at radius 2 is 0.339 bits per heavy atom. The van der Waals surface area contributed by atoms with Crippen molar-refractivity contribution in [1.82, 2.24) is 0 Å². The van der Waals surface area contributed by atoms with Crippen LogP contribution in [0.5, 0.6) is 92.0 Å². The summed E-state index contributed by atoms with van der Waals surface area (Å²) in [5.74, 6) is 2.86. The number of phenolic OH excluding ortho intramolecular Hbond substituents is 16. The van der Waals surface area contributed by atoms with Gasteiger partial charge in [0.25, 0.3) is 0 Å². The molecule has 0 saturated heterocycles. The van der Waals surface area contributed by atoms with Crippen LogP contribution in [-0.4, -0.2) is 81.7 Å². The molecule has 0 amide bonds. The number of benzene rings is 12. The summed E-state index contributed by atoms with van der Waals surface area (Å²) in [6.45, 7) is 8.79. The predicted molar refractivity (Wildman–Crippen MR) is 504 cm³/mol. The van der Waals surface area contributed by atoms with E-state index >= 15 is 0 Å². The van der Waals surface area contributed by atoms with Gasteiger partial charge in [0.15, 0.2) is 0 Å². The van der Waals surface area contributed by atoms with Gasteiger partial charge < -0.3 is 81.7 Å². The van der Waals surface area contributed by atoms with Gasteiger partial charge in [-0.25, -0.2) is 0 Å². The summed E-state index contributed by atoms with van der Waals surface area (Å²) < 4.78 is 0. The molecule has 12 aromatic rings. The first kappa shape index (κ1) is 102. The molecule has 12 aromatic carbocycles. The molecular formula is C108H136O16. The maximum Gasteiger partial charge on any atom is 0.127 e. The average molecular weight is 1690 g/mol. The average Bonchev–Trinajstić information content (AvgIpc) is 0.831. The molecule has 124 heavy (non-hydrogen) atoms. The van der Waals surface area contributed by atoms with Crippen molar-refractivity contribution >= 4 is 0 Å². The van der Waals surface area contributed by atoms with E-state index in [1.165, 1.54) is 120 Å². The van der Waals surface area contributed by atoms with Crippen molar-refractivity contribution < 1.29 is 81.7 Å². The number of aromatic hydroxyl groups is 16. The smallest absolute Gasteiger partial charge is 0.127 e. The topological polar surface area (TPSA) is 324 Å². The van der Waals surface area contributed by atoms with Gasteiger partial charge in [0.05, 0.1) is 5.56 Å². The summed E-state index contributed by atoms with van der Waals surface area (Å²) in [5, 5.41) is 153. The molecule has 0 atom stereocenters. The van der Waals surface area contributed by atoms with E-state index < -0.39 is 0 Å². The monoisotopic (exact) mass is 1690 g/mol.